The van der Waals surface area contributed by atoms with Crippen molar-refractivity contribution in [2.24, 2.45) is 0 Å². The zero-order valence-electron chi connectivity index (χ0n) is 10.1. The van der Waals surface area contributed by atoms with E-state index in [9.17, 15) is 0 Å². The molecule has 88 valence electrons. The second-order valence-corrected chi connectivity index (χ2v) is 4.49. The van der Waals surface area contributed by atoms with Crippen molar-refractivity contribution < 1.29 is 4.74 Å². The molecule has 0 saturated carbocycles. The van der Waals surface area contributed by atoms with Gasteiger partial charge in [0.05, 0.1) is 12.7 Å². The normalized spacial score (nSPS) is 18.3. The molecule has 1 atom stereocenters. The van der Waals surface area contributed by atoms with E-state index in [-0.39, 0.29) is 0 Å². The predicted octanol–water partition coefficient (Wildman–Crippen LogP) is 3.06. The molecule has 1 aliphatic rings. The summed E-state index contributed by atoms with van der Waals surface area (Å²) in [6.45, 7) is 5.14. The van der Waals surface area contributed by atoms with Crippen LogP contribution >= 0.6 is 0 Å². The number of rotatable bonds is 4. The lowest BCUT2D eigenvalue weighted by molar-refractivity contribution is 0.408. The van der Waals surface area contributed by atoms with Gasteiger partial charge in [0.1, 0.15) is 0 Å². The van der Waals surface area contributed by atoms with Crippen molar-refractivity contribution in [2.75, 3.05) is 24.6 Å². The number of epoxide rings is 1. The second-order valence-electron chi connectivity index (χ2n) is 4.49. The molecule has 2 aromatic rings. The molecule has 2 heteroatoms. The molecule has 0 amide bonds. The zero-order chi connectivity index (χ0) is 11.7. The van der Waals surface area contributed by atoms with Gasteiger partial charge < -0.3 is 9.64 Å². The van der Waals surface area contributed by atoms with Gasteiger partial charge in [-0.3, -0.25) is 0 Å². The van der Waals surface area contributed by atoms with Gasteiger partial charge >= 0.3 is 0 Å². The largest absolute Gasteiger partial charge is 0.371 e. The van der Waals surface area contributed by atoms with Gasteiger partial charge in [0, 0.05) is 24.2 Å². The third kappa shape index (κ3) is 2.13. The standard InChI is InChI=1S/C15H17NO/c1-2-16(10-13-11-17-13)15-9-5-7-12-6-3-4-8-14(12)15/h3-9,13H,2,10-11H2,1H3. The maximum atomic E-state index is 5.33. The number of hydrogen-bond acceptors (Lipinski definition) is 2. The van der Waals surface area contributed by atoms with Crippen LogP contribution in [0.2, 0.25) is 0 Å². The Bertz CT molecular complexity index is 514. The number of anilines is 1. The van der Waals surface area contributed by atoms with Gasteiger partial charge in [-0.15, -0.1) is 0 Å². The van der Waals surface area contributed by atoms with E-state index in [1.165, 1.54) is 16.5 Å². The third-order valence-electron chi connectivity index (χ3n) is 3.32. The molecule has 0 aliphatic carbocycles. The summed E-state index contributed by atoms with van der Waals surface area (Å²) in [4.78, 5) is 2.40. The van der Waals surface area contributed by atoms with Crippen LogP contribution in [0, 0.1) is 0 Å². The Morgan fingerprint density at radius 3 is 2.71 bits per heavy atom. The monoisotopic (exact) mass is 227 g/mol. The molecule has 3 rings (SSSR count). The number of benzene rings is 2. The molecule has 17 heavy (non-hydrogen) atoms. The summed E-state index contributed by atoms with van der Waals surface area (Å²) in [7, 11) is 0. The molecular weight excluding hydrogens is 210 g/mol. The minimum absolute atomic E-state index is 0.439. The van der Waals surface area contributed by atoms with Crippen molar-refractivity contribution in [3.63, 3.8) is 0 Å². The molecular formula is C15H17NO. The number of hydrogen-bond donors (Lipinski definition) is 0. The lowest BCUT2D eigenvalue weighted by Gasteiger charge is -2.23. The summed E-state index contributed by atoms with van der Waals surface area (Å²) in [5, 5.41) is 2.64. The topological polar surface area (TPSA) is 15.8 Å². The maximum Gasteiger partial charge on any atom is 0.0984 e. The highest BCUT2D eigenvalue weighted by molar-refractivity contribution is 5.94. The zero-order valence-corrected chi connectivity index (χ0v) is 10.1. The molecule has 0 N–H and O–H groups in total. The van der Waals surface area contributed by atoms with E-state index in [4.69, 9.17) is 4.74 Å². The molecule has 2 aromatic carbocycles. The van der Waals surface area contributed by atoms with E-state index >= 15 is 0 Å². The summed E-state index contributed by atoms with van der Waals surface area (Å²) >= 11 is 0. The highest BCUT2D eigenvalue weighted by Gasteiger charge is 2.25. The molecule has 0 bridgehead atoms. The highest BCUT2D eigenvalue weighted by atomic mass is 16.6. The summed E-state index contributed by atoms with van der Waals surface area (Å²) < 4.78 is 5.33. The Morgan fingerprint density at radius 2 is 1.94 bits per heavy atom. The van der Waals surface area contributed by atoms with Crippen molar-refractivity contribution >= 4 is 16.5 Å². The number of nitrogens with zero attached hydrogens (tertiary/aromatic N) is 1. The smallest absolute Gasteiger partial charge is 0.0984 e. The van der Waals surface area contributed by atoms with Crippen LogP contribution in [0.4, 0.5) is 5.69 Å². The predicted molar refractivity (Wildman–Crippen MR) is 71.6 cm³/mol. The van der Waals surface area contributed by atoms with Crippen molar-refractivity contribution in [2.45, 2.75) is 13.0 Å². The van der Waals surface area contributed by atoms with Crippen molar-refractivity contribution in [3.8, 4) is 0 Å². The van der Waals surface area contributed by atoms with Crippen LogP contribution in [0.25, 0.3) is 10.8 Å². The fourth-order valence-corrected chi connectivity index (χ4v) is 2.30. The van der Waals surface area contributed by atoms with E-state index in [1.807, 2.05) is 0 Å². The average Bonchev–Trinajstić information content (AvgIpc) is 3.19. The van der Waals surface area contributed by atoms with Crippen molar-refractivity contribution in [1.29, 1.82) is 0 Å². The van der Waals surface area contributed by atoms with E-state index in [1.54, 1.807) is 0 Å². The van der Waals surface area contributed by atoms with Crippen LogP contribution in [0.3, 0.4) is 0 Å². The molecule has 2 nitrogen and oxygen atoms in total. The minimum atomic E-state index is 0.439. The van der Waals surface area contributed by atoms with Gasteiger partial charge in [0.25, 0.3) is 0 Å². The lowest BCUT2D eigenvalue weighted by Crippen LogP contribution is -2.27. The van der Waals surface area contributed by atoms with Crippen LogP contribution < -0.4 is 4.90 Å². The Hall–Kier alpha value is -1.54. The summed E-state index contributed by atoms with van der Waals surface area (Å²) in [5.41, 5.74) is 1.32. The molecule has 1 heterocycles. The number of ether oxygens (including phenoxy) is 1. The van der Waals surface area contributed by atoms with E-state index in [0.717, 1.165) is 19.7 Å². The Balaban J connectivity index is 2.01. The first-order valence-electron chi connectivity index (χ1n) is 6.23. The van der Waals surface area contributed by atoms with Crippen molar-refractivity contribution in [3.05, 3.63) is 42.5 Å². The molecule has 1 fully saturated rings. The van der Waals surface area contributed by atoms with Crippen LogP contribution in [0.5, 0.6) is 0 Å². The average molecular weight is 227 g/mol. The Kier molecular flexibility index (Phi) is 2.73. The first kappa shape index (κ1) is 10.6. The van der Waals surface area contributed by atoms with Crippen LogP contribution in [-0.4, -0.2) is 25.8 Å². The van der Waals surface area contributed by atoms with Crippen LogP contribution in [-0.2, 0) is 4.74 Å². The van der Waals surface area contributed by atoms with Gasteiger partial charge in [0.2, 0.25) is 0 Å². The van der Waals surface area contributed by atoms with Crippen LogP contribution in [0.1, 0.15) is 6.92 Å². The van der Waals surface area contributed by atoms with Gasteiger partial charge in [-0.1, -0.05) is 36.4 Å². The number of fused-ring (bicyclic) bond motifs is 1. The summed E-state index contributed by atoms with van der Waals surface area (Å²) in [5.74, 6) is 0. The fraction of sp³-hybridized carbons (Fsp3) is 0.333. The quantitative estimate of drug-likeness (QED) is 0.746. The molecule has 1 unspecified atom stereocenters. The summed E-state index contributed by atoms with van der Waals surface area (Å²) in [6.07, 6.45) is 0.439. The van der Waals surface area contributed by atoms with E-state index in [0.29, 0.717) is 6.10 Å². The molecule has 0 aromatic heterocycles. The van der Waals surface area contributed by atoms with Gasteiger partial charge in [-0.25, -0.2) is 0 Å². The van der Waals surface area contributed by atoms with E-state index < -0.39 is 0 Å². The molecule has 1 aliphatic heterocycles. The van der Waals surface area contributed by atoms with Crippen LogP contribution in [0.15, 0.2) is 42.5 Å². The van der Waals surface area contributed by atoms with Gasteiger partial charge in [-0.05, 0) is 18.4 Å². The first-order chi connectivity index (χ1) is 8.38. The molecule has 0 spiro atoms. The van der Waals surface area contributed by atoms with E-state index in [2.05, 4.69) is 54.3 Å². The third-order valence-corrected chi connectivity index (χ3v) is 3.32. The second kappa shape index (κ2) is 4.38. The van der Waals surface area contributed by atoms with Gasteiger partial charge in [0.15, 0.2) is 0 Å². The van der Waals surface area contributed by atoms with Gasteiger partial charge in [-0.2, -0.15) is 0 Å². The summed E-state index contributed by atoms with van der Waals surface area (Å²) in [6, 6.07) is 15.1. The Morgan fingerprint density at radius 1 is 1.18 bits per heavy atom. The Labute approximate surface area is 102 Å². The molecule has 1 saturated heterocycles. The minimum Gasteiger partial charge on any atom is -0.371 e. The van der Waals surface area contributed by atoms with Crippen molar-refractivity contribution in [1.82, 2.24) is 0 Å². The fourth-order valence-electron chi connectivity index (χ4n) is 2.30. The first-order valence-corrected chi connectivity index (χ1v) is 6.23. The SMILES string of the molecule is CCN(CC1CO1)c1cccc2ccccc12. The highest BCUT2D eigenvalue weighted by Crippen LogP contribution is 2.27. The lowest BCUT2D eigenvalue weighted by atomic mass is 10.1. The number of likely N-dealkylation sites (N-methyl/N-ethyl adjacent to an activating group) is 1. The maximum absolute atomic E-state index is 5.33. The molecule has 0 radical (unpaired) electrons.